The second-order valence-electron chi connectivity index (χ2n) is 4.02. The molecule has 4 nitrogen and oxygen atoms in total. The Morgan fingerprint density at radius 3 is 2.27 bits per heavy atom. The number of hydrogen-bond acceptors (Lipinski definition) is 3. The molecule has 0 aliphatic rings. The van der Waals surface area contributed by atoms with Crippen molar-refractivity contribution >= 4 is 5.97 Å². The van der Waals surface area contributed by atoms with Gasteiger partial charge in [0.25, 0.3) is 0 Å². The van der Waals surface area contributed by atoms with Gasteiger partial charge in [0.1, 0.15) is 0 Å². The lowest BCUT2D eigenvalue weighted by atomic mass is 9.82. The molecule has 0 aliphatic heterocycles. The topological polar surface area (TPSA) is 49.8 Å². The summed E-state index contributed by atoms with van der Waals surface area (Å²) in [6.45, 7) is 5.85. The van der Waals surface area contributed by atoms with Crippen LogP contribution in [0.2, 0.25) is 0 Å². The summed E-state index contributed by atoms with van der Waals surface area (Å²) in [7, 11) is 3.58. The molecule has 0 aromatic rings. The van der Waals surface area contributed by atoms with Crippen LogP contribution in [0, 0.1) is 5.41 Å². The van der Waals surface area contributed by atoms with Crippen LogP contribution in [0.25, 0.3) is 0 Å². The second kappa shape index (κ2) is 6.80. The maximum absolute atomic E-state index is 11.2. The first-order valence-corrected chi connectivity index (χ1v) is 5.43. The maximum Gasteiger partial charge on any atom is 0.310 e. The van der Waals surface area contributed by atoms with Crippen LogP contribution in [0.4, 0.5) is 0 Å². The van der Waals surface area contributed by atoms with Crippen molar-refractivity contribution in [3.63, 3.8) is 0 Å². The minimum Gasteiger partial charge on any atom is -0.481 e. The van der Waals surface area contributed by atoms with Crippen LogP contribution in [0.1, 0.15) is 26.7 Å². The standard InChI is InChI=1S/C11H23NO3/c1-5-11(6-2,10(13)14)9-12(3)7-8-15-4/h5-9H2,1-4H3,(H,13,14). The van der Waals surface area contributed by atoms with Gasteiger partial charge in [-0.1, -0.05) is 13.8 Å². The molecule has 15 heavy (non-hydrogen) atoms. The van der Waals surface area contributed by atoms with Crippen LogP contribution < -0.4 is 0 Å². The molecule has 0 atom stereocenters. The minimum absolute atomic E-state index is 0.582. The van der Waals surface area contributed by atoms with Gasteiger partial charge in [-0.3, -0.25) is 4.79 Å². The molecular weight excluding hydrogens is 194 g/mol. The Hall–Kier alpha value is -0.610. The van der Waals surface area contributed by atoms with Crippen molar-refractivity contribution in [1.82, 2.24) is 4.90 Å². The van der Waals surface area contributed by atoms with E-state index in [0.29, 0.717) is 26.0 Å². The SMILES string of the molecule is CCC(CC)(CN(C)CCOC)C(=O)O. The summed E-state index contributed by atoms with van der Waals surface area (Å²) in [6.07, 6.45) is 1.33. The molecule has 0 heterocycles. The van der Waals surface area contributed by atoms with E-state index in [1.165, 1.54) is 0 Å². The van der Waals surface area contributed by atoms with Crippen molar-refractivity contribution in [3.8, 4) is 0 Å². The largest absolute Gasteiger partial charge is 0.481 e. The first-order valence-electron chi connectivity index (χ1n) is 5.43. The molecule has 0 rings (SSSR count). The summed E-state index contributed by atoms with van der Waals surface area (Å²) in [5.74, 6) is -0.697. The summed E-state index contributed by atoms with van der Waals surface area (Å²) in [6, 6.07) is 0. The number of carbonyl (C=O) groups is 1. The number of ether oxygens (including phenoxy) is 1. The molecule has 0 aliphatic carbocycles. The first-order chi connectivity index (χ1) is 7.02. The average Bonchev–Trinajstić information content (AvgIpc) is 2.22. The van der Waals surface area contributed by atoms with E-state index in [1.807, 2.05) is 25.8 Å². The van der Waals surface area contributed by atoms with Gasteiger partial charge in [0.05, 0.1) is 12.0 Å². The molecule has 0 fully saturated rings. The summed E-state index contributed by atoms with van der Waals surface area (Å²) in [4.78, 5) is 13.3. The zero-order valence-electron chi connectivity index (χ0n) is 10.2. The van der Waals surface area contributed by atoms with Crippen molar-refractivity contribution in [3.05, 3.63) is 0 Å². The molecule has 0 amide bonds. The highest BCUT2D eigenvalue weighted by molar-refractivity contribution is 5.74. The van der Waals surface area contributed by atoms with Crippen molar-refractivity contribution in [1.29, 1.82) is 0 Å². The number of carboxylic acids is 1. The number of nitrogens with zero attached hydrogens (tertiary/aromatic N) is 1. The molecule has 0 aromatic heterocycles. The highest BCUT2D eigenvalue weighted by Gasteiger charge is 2.35. The fraction of sp³-hybridized carbons (Fsp3) is 0.909. The van der Waals surface area contributed by atoms with E-state index < -0.39 is 11.4 Å². The van der Waals surface area contributed by atoms with Crippen LogP contribution in [-0.4, -0.2) is 49.8 Å². The molecule has 0 saturated heterocycles. The third-order valence-electron chi connectivity index (χ3n) is 3.06. The number of likely N-dealkylation sites (N-methyl/N-ethyl adjacent to an activating group) is 1. The molecule has 0 aromatic carbocycles. The molecule has 1 N–H and O–H groups in total. The lowest BCUT2D eigenvalue weighted by molar-refractivity contribution is -0.150. The van der Waals surface area contributed by atoms with Crippen LogP contribution in [0.5, 0.6) is 0 Å². The highest BCUT2D eigenvalue weighted by Crippen LogP contribution is 2.27. The fourth-order valence-electron chi connectivity index (χ4n) is 1.69. The highest BCUT2D eigenvalue weighted by atomic mass is 16.5. The predicted octanol–water partition coefficient (Wildman–Crippen LogP) is 1.46. The summed E-state index contributed by atoms with van der Waals surface area (Å²) < 4.78 is 4.97. The van der Waals surface area contributed by atoms with E-state index in [1.54, 1.807) is 7.11 Å². The molecule has 90 valence electrons. The Morgan fingerprint density at radius 2 is 1.93 bits per heavy atom. The van der Waals surface area contributed by atoms with Crippen molar-refractivity contribution in [2.75, 3.05) is 33.9 Å². The van der Waals surface area contributed by atoms with Crippen LogP contribution >= 0.6 is 0 Å². The monoisotopic (exact) mass is 217 g/mol. The van der Waals surface area contributed by atoms with Gasteiger partial charge in [-0.2, -0.15) is 0 Å². The van der Waals surface area contributed by atoms with E-state index in [-0.39, 0.29) is 0 Å². The van der Waals surface area contributed by atoms with Crippen molar-refractivity contribution < 1.29 is 14.6 Å². The molecule has 0 spiro atoms. The van der Waals surface area contributed by atoms with Gasteiger partial charge < -0.3 is 14.7 Å². The quantitative estimate of drug-likeness (QED) is 0.668. The lowest BCUT2D eigenvalue weighted by Crippen LogP contribution is -2.42. The van der Waals surface area contributed by atoms with E-state index in [2.05, 4.69) is 0 Å². The summed E-state index contributed by atoms with van der Waals surface area (Å²) >= 11 is 0. The van der Waals surface area contributed by atoms with Crippen molar-refractivity contribution in [2.45, 2.75) is 26.7 Å². The fourth-order valence-corrected chi connectivity index (χ4v) is 1.69. The Kier molecular flexibility index (Phi) is 6.52. The zero-order valence-corrected chi connectivity index (χ0v) is 10.2. The third-order valence-corrected chi connectivity index (χ3v) is 3.06. The number of carboxylic acid groups (broad SMARTS) is 1. The number of rotatable bonds is 8. The number of methoxy groups -OCH3 is 1. The molecule has 0 radical (unpaired) electrons. The predicted molar refractivity (Wildman–Crippen MR) is 60.0 cm³/mol. The number of hydrogen-bond donors (Lipinski definition) is 1. The van der Waals surface area contributed by atoms with Crippen molar-refractivity contribution in [2.24, 2.45) is 5.41 Å². The van der Waals surface area contributed by atoms with Crippen LogP contribution in [-0.2, 0) is 9.53 Å². The first kappa shape index (κ1) is 14.4. The summed E-state index contributed by atoms with van der Waals surface area (Å²) in [5.41, 5.74) is -0.609. The van der Waals surface area contributed by atoms with Gasteiger partial charge in [-0.15, -0.1) is 0 Å². The average molecular weight is 217 g/mol. The normalized spacial score (nSPS) is 12.1. The molecule has 0 saturated carbocycles. The Bertz CT molecular complexity index is 190. The summed E-state index contributed by atoms with van der Waals surface area (Å²) in [5, 5.41) is 9.24. The Morgan fingerprint density at radius 1 is 1.40 bits per heavy atom. The second-order valence-corrected chi connectivity index (χ2v) is 4.02. The van der Waals surface area contributed by atoms with Gasteiger partial charge in [0.15, 0.2) is 0 Å². The van der Waals surface area contributed by atoms with Crippen LogP contribution in [0.3, 0.4) is 0 Å². The smallest absolute Gasteiger partial charge is 0.310 e. The van der Waals surface area contributed by atoms with Crippen LogP contribution in [0.15, 0.2) is 0 Å². The van der Waals surface area contributed by atoms with Gasteiger partial charge >= 0.3 is 5.97 Å². The van der Waals surface area contributed by atoms with Gasteiger partial charge in [0, 0.05) is 20.2 Å². The van der Waals surface area contributed by atoms with Gasteiger partial charge in [-0.05, 0) is 19.9 Å². The molecule has 0 unspecified atom stereocenters. The Labute approximate surface area is 92.2 Å². The van der Waals surface area contributed by atoms with E-state index in [0.717, 1.165) is 6.54 Å². The minimum atomic E-state index is -0.697. The maximum atomic E-state index is 11.2. The third kappa shape index (κ3) is 4.18. The molecule has 4 heteroatoms. The van der Waals surface area contributed by atoms with E-state index in [4.69, 9.17) is 4.74 Å². The zero-order chi connectivity index (χ0) is 11.9. The molecule has 0 bridgehead atoms. The lowest BCUT2D eigenvalue weighted by Gasteiger charge is -2.31. The van der Waals surface area contributed by atoms with Gasteiger partial charge in [-0.25, -0.2) is 0 Å². The number of aliphatic carboxylic acids is 1. The Balaban J connectivity index is 4.33. The van der Waals surface area contributed by atoms with E-state index in [9.17, 15) is 9.90 Å². The van der Waals surface area contributed by atoms with Gasteiger partial charge in [0.2, 0.25) is 0 Å². The molecular formula is C11H23NO3. The van der Waals surface area contributed by atoms with E-state index >= 15 is 0 Å².